The summed E-state index contributed by atoms with van der Waals surface area (Å²) in [5, 5.41) is 4.52. The fourth-order valence-electron chi connectivity index (χ4n) is 5.04. The smallest absolute Gasteiger partial charge is 0.122 e. The summed E-state index contributed by atoms with van der Waals surface area (Å²) in [6.07, 6.45) is 0.585. The molecule has 4 aromatic rings. The van der Waals surface area contributed by atoms with E-state index in [0.717, 1.165) is 57.4 Å². The average molecular weight is 663 g/mol. The molecule has 2 aliphatic rings. The minimum atomic E-state index is 0.292. The van der Waals surface area contributed by atoms with Crippen molar-refractivity contribution in [2.45, 2.75) is 25.4 Å². The summed E-state index contributed by atoms with van der Waals surface area (Å²) >= 11 is 0. The van der Waals surface area contributed by atoms with Crippen LogP contribution in [0.4, 0.5) is 0 Å². The van der Waals surface area contributed by atoms with Crippen molar-refractivity contribution in [3.63, 3.8) is 0 Å². The Morgan fingerprint density at radius 2 is 0.792 bits per heavy atom. The van der Waals surface area contributed by atoms with Gasteiger partial charge < -0.3 is 47.4 Å². The first-order valence-electron chi connectivity index (χ1n) is 16.8. The van der Waals surface area contributed by atoms with Gasteiger partial charge in [0.15, 0.2) is 0 Å². The van der Waals surface area contributed by atoms with E-state index in [-0.39, 0.29) is 0 Å². The van der Waals surface area contributed by atoms with E-state index in [1.807, 2.05) is 12.1 Å². The van der Waals surface area contributed by atoms with Crippen LogP contribution in [-0.4, -0.2) is 105 Å². The van der Waals surface area contributed by atoms with Crippen molar-refractivity contribution in [3.05, 3.63) is 83.9 Å². The number of benzene rings is 4. The first-order valence-corrected chi connectivity index (χ1v) is 16.8. The lowest BCUT2D eigenvalue weighted by atomic mass is 10.1. The van der Waals surface area contributed by atoms with Gasteiger partial charge in [-0.1, -0.05) is 36.4 Å². The van der Waals surface area contributed by atoms with Crippen molar-refractivity contribution in [2.24, 2.45) is 0 Å². The van der Waals surface area contributed by atoms with Gasteiger partial charge in [0, 0.05) is 0 Å². The number of ether oxygens (including phenoxy) is 10. The number of hydrogen-bond donors (Lipinski definition) is 0. The number of epoxide rings is 2. The van der Waals surface area contributed by atoms with Crippen molar-refractivity contribution >= 4 is 21.5 Å². The van der Waals surface area contributed by atoms with Crippen LogP contribution in [0, 0.1) is 0 Å². The maximum Gasteiger partial charge on any atom is 0.122 e. The van der Waals surface area contributed by atoms with Gasteiger partial charge in [0.05, 0.1) is 92.5 Å². The zero-order valence-corrected chi connectivity index (χ0v) is 27.5. The second kappa shape index (κ2) is 19.0. The molecule has 0 aliphatic carbocycles. The molecular formula is C38H46O10. The van der Waals surface area contributed by atoms with Crippen LogP contribution in [-0.2, 0) is 51.1 Å². The van der Waals surface area contributed by atoms with Gasteiger partial charge in [-0.15, -0.1) is 0 Å². The molecule has 2 heterocycles. The second-order valence-electron chi connectivity index (χ2n) is 11.8. The highest BCUT2D eigenvalue weighted by atomic mass is 16.6. The lowest BCUT2D eigenvalue weighted by Gasteiger charge is -2.11. The summed E-state index contributed by atoms with van der Waals surface area (Å²) in [5.41, 5.74) is 2.24. The molecule has 0 amide bonds. The minimum absolute atomic E-state index is 0.292. The predicted octanol–water partition coefficient (Wildman–Crippen LogP) is 5.35. The molecule has 258 valence electrons. The van der Waals surface area contributed by atoms with Crippen LogP contribution in [0.1, 0.15) is 11.1 Å². The molecule has 2 atom stereocenters. The highest BCUT2D eigenvalue weighted by molar-refractivity contribution is 5.85. The Labute approximate surface area is 282 Å². The molecule has 0 saturated carbocycles. The van der Waals surface area contributed by atoms with Gasteiger partial charge in [-0.3, -0.25) is 0 Å². The first kappa shape index (κ1) is 34.5. The predicted molar refractivity (Wildman–Crippen MR) is 181 cm³/mol. The average Bonchev–Trinajstić information content (AvgIpc) is 4.05. The second-order valence-corrected chi connectivity index (χ2v) is 11.8. The van der Waals surface area contributed by atoms with Crippen LogP contribution in [0.5, 0.6) is 11.5 Å². The van der Waals surface area contributed by atoms with Crippen molar-refractivity contribution in [2.75, 3.05) is 92.5 Å². The Kier molecular flexibility index (Phi) is 13.7. The van der Waals surface area contributed by atoms with E-state index < -0.39 is 0 Å². The van der Waals surface area contributed by atoms with Gasteiger partial charge in [-0.25, -0.2) is 0 Å². The normalized spacial score (nSPS) is 16.8. The summed E-state index contributed by atoms with van der Waals surface area (Å²) in [5.74, 6) is 1.63. The van der Waals surface area contributed by atoms with Gasteiger partial charge in [0.25, 0.3) is 0 Å². The van der Waals surface area contributed by atoms with Crippen LogP contribution in [0.3, 0.4) is 0 Å². The number of rotatable bonds is 25. The molecule has 2 fully saturated rings. The van der Waals surface area contributed by atoms with Gasteiger partial charge in [0.1, 0.15) is 36.9 Å². The molecule has 10 heteroatoms. The lowest BCUT2D eigenvalue weighted by molar-refractivity contribution is 0.00822. The van der Waals surface area contributed by atoms with Crippen LogP contribution < -0.4 is 9.47 Å². The number of fused-ring (bicyclic) bond motifs is 2. The Balaban J connectivity index is 0.832. The van der Waals surface area contributed by atoms with Crippen molar-refractivity contribution in [1.82, 2.24) is 0 Å². The van der Waals surface area contributed by atoms with Gasteiger partial charge in [-0.2, -0.15) is 0 Å². The molecule has 0 N–H and O–H groups in total. The van der Waals surface area contributed by atoms with E-state index in [9.17, 15) is 0 Å². The quantitative estimate of drug-likeness (QED) is 0.0683. The maximum absolute atomic E-state index is 5.99. The molecule has 0 bridgehead atoms. The highest BCUT2D eigenvalue weighted by Gasteiger charge is 2.22. The van der Waals surface area contributed by atoms with Crippen molar-refractivity contribution in [3.8, 4) is 11.5 Å². The largest absolute Gasteiger partial charge is 0.490 e. The molecule has 10 nitrogen and oxygen atoms in total. The monoisotopic (exact) mass is 662 g/mol. The van der Waals surface area contributed by atoms with E-state index in [2.05, 4.69) is 60.7 Å². The fourth-order valence-corrected chi connectivity index (χ4v) is 5.04. The van der Waals surface area contributed by atoms with Crippen LogP contribution in [0.25, 0.3) is 21.5 Å². The summed E-state index contributed by atoms with van der Waals surface area (Å²) in [6, 6.07) is 24.9. The molecule has 2 saturated heterocycles. The third kappa shape index (κ3) is 12.3. The first-order chi connectivity index (χ1) is 23.8. The molecule has 0 radical (unpaired) electrons. The van der Waals surface area contributed by atoms with Gasteiger partial charge in [-0.05, 0) is 69.1 Å². The summed E-state index contributed by atoms with van der Waals surface area (Å²) in [7, 11) is 0. The molecule has 6 rings (SSSR count). The zero-order chi connectivity index (χ0) is 32.6. The number of hydrogen-bond acceptors (Lipinski definition) is 10. The van der Waals surface area contributed by atoms with Crippen LogP contribution in [0.2, 0.25) is 0 Å². The Hall–Kier alpha value is -3.32. The van der Waals surface area contributed by atoms with E-state index in [4.69, 9.17) is 47.4 Å². The highest BCUT2D eigenvalue weighted by Crippen LogP contribution is 2.24. The Morgan fingerprint density at radius 1 is 0.417 bits per heavy atom. The SMILES string of the molecule is c1cc2cc(OCCOc3ccc4cc(COCCOCCOCC5CO5)ccc4c3)ccc2cc1COCCOCCOCC1CO1. The molecule has 0 aromatic heterocycles. The standard InChI is InChI=1S/C38H46O10/c1-3-33-21-35(7-5-31(33)19-29(1)23-41-13-9-39-11-15-43-25-37-27-47-37)45-17-18-46-36-8-6-32-20-30(2-4-34(32)22-36)24-42-14-10-40-12-16-44-26-38-28-48-38/h1-8,19-22,37-38H,9-18,23-28H2. The van der Waals surface area contributed by atoms with E-state index in [1.165, 1.54) is 0 Å². The minimum Gasteiger partial charge on any atom is -0.490 e. The molecule has 48 heavy (non-hydrogen) atoms. The summed E-state index contributed by atoms with van der Waals surface area (Å²) in [6.45, 7) is 9.38. The lowest BCUT2D eigenvalue weighted by Crippen LogP contribution is -2.11. The molecule has 2 aliphatic heterocycles. The third-order valence-corrected chi connectivity index (χ3v) is 7.81. The van der Waals surface area contributed by atoms with Crippen molar-refractivity contribution < 1.29 is 47.4 Å². The van der Waals surface area contributed by atoms with Crippen molar-refractivity contribution in [1.29, 1.82) is 0 Å². The molecule has 0 spiro atoms. The fraction of sp³-hybridized carbons (Fsp3) is 0.474. The van der Waals surface area contributed by atoms with Crippen LogP contribution in [0.15, 0.2) is 72.8 Å². The molecule has 2 unspecified atom stereocenters. The van der Waals surface area contributed by atoms with Gasteiger partial charge in [0.2, 0.25) is 0 Å². The Bertz CT molecular complexity index is 1420. The summed E-state index contributed by atoms with van der Waals surface area (Å²) in [4.78, 5) is 0. The molecular weight excluding hydrogens is 616 g/mol. The van der Waals surface area contributed by atoms with Gasteiger partial charge >= 0.3 is 0 Å². The van der Waals surface area contributed by atoms with E-state index in [1.54, 1.807) is 0 Å². The van der Waals surface area contributed by atoms with E-state index >= 15 is 0 Å². The summed E-state index contributed by atoms with van der Waals surface area (Å²) < 4.78 is 55.8. The topological polar surface area (TPSA) is 98.9 Å². The molecule has 4 aromatic carbocycles. The Morgan fingerprint density at radius 3 is 1.23 bits per heavy atom. The third-order valence-electron chi connectivity index (χ3n) is 7.81. The zero-order valence-electron chi connectivity index (χ0n) is 27.5. The van der Waals surface area contributed by atoms with E-state index in [0.29, 0.717) is 105 Å². The van der Waals surface area contributed by atoms with Crippen LogP contribution >= 0.6 is 0 Å². The maximum atomic E-state index is 5.99.